The minimum Gasteiger partial charge on any atom is -0.335 e. The Morgan fingerprint density at radius 3 is 2.64 bits per heavy atom. The average Bonchev–Trinajstić information content (AvgIpc) is 3.35. The first-order valence-electron chi connectivity index (χ1n) is 12.9. The summed E-state index contributed by atoms with van der Waals surface area (Å²) in [5.74, 6) is 0.120. The van der Waals surface area contributed by atoms with E-state index in [0.29, 0.717) is 13.1 Å². The van der Waals surface area contributed by atoms with E-state index in [9.17, 15) is 4.79 Å². The van der Waals surface area contributed by atoms with E-state index in [4.69, 9.17) is 0 Å². The minimum absolute atomic E-state index is 0.120. The number of nitrogens with zero attached hydrogens (tertiary/aromatic N) is 4. The van der Waals surface area contributed by atoms with Crippen LogP contribution in [0.15, 0.2) is 97.5 Å². The van der Waals surface area contributed by atoms with E-state index in [1.807, 2.05) is 53.8 Å². The topological polar surface area (TPSA) is 41.4 Å². The van der Waals surface area contributed by atoms with Crippen molar-refractivity contribution in [2.45, 2.75) is 38.9 Å². The minimum atomic E-state index is 0.120. The van der Waals surface area contributed by atoms with Gasteiger partial charge in [0.25, 0.3) is 5.91 Å². The van der Waals surface area contributed by atoms with Crippen molar-refractivity contribution in [3.05, 3.63) is 114 Å². The van der Waals surface area contributed by atoms with E-state index in [-0.39, 0.29) is 11.9 Å². The average molecular weight is 479 g/mol. The van der Waals surface area contributed by atoms with Gasteiger partial charge in [-0.3, -0.25) is 9.69 Å². The number of hydrogen-bond acceptors (Lipinski definition) is 3. The van der Waals surface area contributed by atoms with Crippen LogP contribution in [-0.4, -0.2) is 50.9 Å². The Morgan fingerprint density at radius 1 is 0.972 bits per heavy atom. The second-order valence-electron chi connectivity index (χ2n) is 9.53. The van der Waals surface area contributed by atoms with E-state index < -0.39 is 0 Å². The van der Waals surface area contributed by atoms with Gasteiger partial charge in [0.05, 0.1) is 12.0 Å². The molecule has 0 N–H and O–H groups in total. The van der Waals surface area contributed by atoms with Crippen LogP contribution in [0.25, 0.3) is 10.8 Å². The molecule has 1 aliphatic rings. The number of imidazole rings is 1. The van der Waals surface area contributed by atoms with Gasteiger partial charge in [-0.05, 0) is 28.8 Å². The molecule has 5 nitrogen and oxygen atoms in total. The molecule has 3 aromatic carbocycles. The molecule has 1 amide bonds. The first kappa shape index (κ1) is 24.0. The van der Waals surface area contributed by atoms with Gasteiger partial charge in [0.2, 0.25) is 0 Å². The molecule has 1 fully saturated rings. The fourth-order valence-corrected chi connectivity index (χ4v) is 5.02. The Morgan fingerprint density at radius 2 is 1.78 bits per heavy atom. The zero-order valence-electron chi connectivity index (χ0n) is 21.0. The van der Waals surface area contributed by atoms with Gasteiger partial charge >= 0.3 is 0 Å². The van der Waals surface area contributed by atoms with E-state index in [2.05, 4.69) is 69.9 Å². The third-order valence-corrected chi connectivity index (χ3v) is 7.01. The van der Waals surface area contributed by atoms with Crippen molar-refractivity contribution in [1.29, 1.82) is 0 Å². The maximum atomic E-state index is 13.6. The molecule has 0 radical (unpaired) electrons. The number of allylic oxidation sites excluding steroid dienone is 1. The number of piperazine rings is 1. The summed E-state index contributed by atoms with van der Waals surface area (Å²) in [7, 11) is 0. The lowest BCUT2D eigenvalue weighted by molar-refractivity contribution is 0.0538. The monoisotopic (exact) mass is 478 g/mol. The summed E-state index contributed by atoms with van der Waals surface area (Å²) in [4.78, 5) is 22.6. The van der Waals surface area contributed by atoms with E-state index in [1.165, 1.54) is 11.3 Å². The van der Waals surface area contributed by atoms with Crippen LogP contribution in [0.4, 0.5) is 0 Å². The molecule has 4 aromatic rings. The fraction of sp³-hybridized carbons (Fsp3) is 0.290. The smallest absolute Gasteiger partial charge is 0.254 e. The Kier molecular flexibility index (Phi) is 7.58. The van der Waals surface area contributed by atoms with Crippen molar-refractivity contribution in [3.8, 4) is 0 Å². The molecule has 5 heteroatoms. The van der Waals surface area contributed by atoms with Crippen LogP contribution in [0, 0.1) is 0 Å². The predicted octanol–water partition coefficient (Wildman–Crippen LogP) is 5.77. The fourth-order valence-electron chi connectivity index (χ4n) is 5.02. The van der Waals surface area contributed by atoms with E-state index in [1.54, 1.807) is 0 Å². The van der Waals surface area contributed by atoms with Crippen molar-refractivity contribution < 1.29 is 4.79 Å². The van der Waals surface area contributed by atoms with Crippen molar-refractivity contribution >= 4 is 16.7 Å². The van der Waals surface area contributed by atoms with Gasteiger partial charge in [0.1, 0.15) is 0 Å². The van der Waals surface area contributed by atoms with Crippen LogP contribution in [-0.2, 0) is 13.1 Å². The number of unbranched alkanes of at least 4 members (excludes halogenated alkanes) is 1. The maximum absolute atomic E-state index is 13.6. The summed E-state index contributed by atoms with van der Waals surface area (Å²) >= 11 is 0. The number of aromatic nitrogens is 2. The van der Waals surface area contributed by atoms with E-state index >= 15 is 0 Å². The van der Waals surface area contributed by atoms with Gasteiger partial charge in [-0.15, -0.1) is 0 Å². The Balaban J connectivity index is 1.34. The summed E-state index contributed by atoms with van der Waals surface area (Å²) in [6.45, 7) is 6.05. The molecular weight excluding hydrogens is 444 g/mol. The first-order chi connectivity index (χ1) is 17.7. The number of amides is 1. The standard InChI is InChI=1S/C31H34N4O/c1-2-3-5-15-27-22-34(31(36)30-17-10-14-26-13-8-9-16-29(26)30)19-18-33(27)23-28-20-32-24-35(28)21-25-11-6-4-7-12-25/h4-17,20,24,27H,2-3,18-19,21-23H2,1H3. The van der Waals surface area contributed by atoms with Crippen molar-refractivity contribution in [2.75, 3.05) is 19.6 Å². The van der Waals surface area contributed by atoms with Gasteiger partial charge in [0, 0.05) is 50.5 Å². The maximum Gasteiger partial charge on any atom is 0.254 e. The molecule has 1 aromatic heterocycles. The Labute approximate surface area is 213 Å². The summed E-state index contributed by atoms with van der Waals surface area (Å²) in [6.07, 6.45) is 10.6. The highest BCUT2D eigenvalue weighted by Crippen LogP contribution is 2.23. The largest absolute Gasteiger partial charge is 0.335 e. The molecule has 2 heterocycles. The number of fused-ring (bicyclic) bond motifs is 1. The van der Waals surface area contributed by atoms with Crippen LogP contribution < -0.4 is 0 Å². The van der Waals surface area contributed by atoms with Crippen molar-refractivity contribution in [1.82, 2.24) is 19.4 Å². The Hall–Kier alpha value is -3.70. The SMILES string of the molecule is CCCC=CC1CN(C(=O)c2cccc3ccccc23)CCN1Cc1cncn1Cc1ccccc1. The summed E-state index contributed by atoms with van der Waals surface area (Å²) in [6, 6.07) is 24.8. The van der Waals surface area contributed by atoms with Crippen LogP contribution in [0.2, 0.25) is 0 Å². The number of carbonyl (C=O) groups is 1. The molecule has 5 rings (SSSR count). The highest BCUT2D eigenvalue weighted by atomic mass is 16.2. The number of benzene rings is 3. The van der Waals surface area contributed by atoms with Gasteiger partial charge in [-0.1, -0.05) is 92.2 Å². The zero-order valence-corrected chi connectivity index (χ0v) is 21.0. The molecule has 184 valence electrons. The molecule has 0 aliphatic carbocycles. The first-order valence-corrected chi connectivity index (χ1v) is 12.9. The molecule has 1 saturated heterocycles. The van der Waals surface area contributed by atoms with Crippen LogP contribution in [0.3, 0.4) is 0 Å². The third kappa shape index (κ3) is 5.42. The second kappa shape index (κ2) is 11.4. The molecule has 0 saturated carbocycles. The number of carbonyl (C=O) groups excluding carboxylic acids is 1. The molecule has 0 bridgehead atoms. The van der Waals surface area contributed by atoms with Crippen LogP contribution >= 0.6 is 0 Å². The molecular formula is C31H34N4O. The van der Waals surface area contributed by atoms with Gasteiger partial charge in [-0.25, -0.2) is 4.98 Å². The Bertz CT molecular complexity index is 1320. The molecule has 1 aliphatic heterocycles. The van der Waals surface area contributed by atoms with Crippen molar-refractivity contribution in [3.63, 3.8) is 0 Å². The lowest BCUT2D eigenvalue weighted by Crippen LogP contribution is -2.53. The molecule has 1 atom stereocenters. The van der Waals surface area contributed by atoms with E-state index in [0.717, 1.165) is 48.8 Å². The van der Waals surface area contributed by atoms with Crippen LogP contribution in [0.5, 0.6) is 0 Å². The normalized spacial score (nSPS) is 16.7. The lowest BCUT2D eigenvalue weighted by Gasteiger charge is -2.40. The summed E-state index contributed by atoms with van der Waals surface area (Å²) in [5.41, 5.74) is 3.25. The molecule has 36 heavy (non-hydrogen) atoms. The predicted molar refractivity (Wildman–Crippen MR) is 146 cm³/mol. The number of hydrogen-bond donors (Lipinski definition) is 0. The second-order valence-corrected chi connectivity index (χ2v) is 9.53. The quantitative estimate of drug-likeness (QED) is 0.302. The molecule has 0 spiro atoms. The van der Waals surface area contributed by atoms with Gasteiger partial charge < -0.3 is 9.47 Å². The highest BCUT2D eigenvalue weighted by molar-refractivity contribution is 6.07. The van der Waals surface area contributed by atoms with Crippen LogP contribution in [0.1, 0.15) is 41.4 Å². The lowest BCUT2D eigenvalue weighted by atomic mass is 10.0. The molecule has 1 unspecified atom stereocenters. The number of rotatable bonds is 8. The zero-order chi connectivity index (χ0) is 24.7. The third-order valence-electron chi connectivity index (χ3n) is 7.01. The van der Waals surface area contributed by atoms with Gasteiger partial charge in [-0.2, -0.15) is 0 Å². The summed E-state index contributed by atoms with van der Waals surface area (Å²) in [5, 5.41) is 2.13. The van der Waals surface area contributed by atoms with Gasteiger partial charge in [0.15, 0.2) is 0 Å². The summed E-state index contributed by atoms with van der Waals surface area (Å²) < 4.78 is 2.23. The van der Waals surface area contributed by atoms with Crippen molar-refractivity contribution in [2.24, 2.45) is 0 Å². The highest BCUT2D eigenvalue weighted by Gasteiger charge is 2.29.